The van der Waals surface area contributed by atoms with Crippen LogP contribution in [0.1, 0.15) is 22.8 Å². The number of aryl methyl sites for hydroxylation is 1. The Bertz CT molecular complexity index is 987. The summed E-state index contributed by atoms with van der Waals surface area (Å²) in [7, 11) is 1.95. The van der Waals surface area contributed by atoms with Crippen LogP contribution in [0.2, 0.25) is 0 Å². The van der Waals surface area contributed by atoms with Gasteiger partial charge in [0.05, 0.1) is 13.1 Å². The van der Waals surface area contributed by atoms with Crippen LogP contribution in [0.3, 0.4) is 0 Å². The highest BCUT2D eigenvalue weighted by Crippen LogP contribution is 2.17. The molecule has 31 heavy (non-hydrogen) atoms. The molecule has 0 spiro atoms. The molecular formula is C23H29IN6O. The van der Waals surface area contributed by atoms with E-state index in [2.05, 4.69) is 39.5 Å². The molecule has 0 radical (unpaired) electrons. The first kappa shape index (κ1) is 24.4. The Morgan fingerprint density at radius 3 is 2.48 bits per heavy atom. The topological polar surface area (TPSA) is 76.4 Å². The maximum absolute atomic E-state index is 5.76. The number of nitrogens with one attached hydrogen (secondary N) is 2. The second kappa shape index (κ2) is 12.7. The molecule has 0 fully saturated rings. The van der Waals surface area contributed by atoms with Crippen LogP contribution in [0.25, 0.3) is 0 Å². The third-order valence-electron chi connectivity index (χ3n) is 4.63. The van der Waals surface area contributed by atoms with E-state index in [4.69, 9.17) is 9.73 Å². The zero-order valence-corrected chi connectivity index (χ0v) is 20.2. The van der Waals surface area contributed by atoms with Crippen molar-refractivity contribution in [3.8, 4) is 5.75 Å². The summed E-state index contributed by atoms with van der Waals surface area (Å²) in [5, 5.41) is 15.1. The van der Waals surface area contributed by atoms with Gasteiger partial charge >= 0.3 is 0 Å². The maximum Gasteiger partial charge on any atom is 0.192 e. The molecule has 7 nitrogen and oxygen atoms in total. The van der Waals surface area contributed by atoms with Gasteiger partial charge < -0.3 is 19.9 Å². The van der Waals surface area contributed by atoms with Crippen molar-refractivity contribution in [1.82, 2.24) is 25.4 Å². The van der Waals surface area contributed by atoms with Crippen molar-refractivity contribution in [2.24, 2.45) is 12.0 Å². The van der Waals surface area contributed by atoms with E-state index in [9.17, 15) is 0 Å². The molecule has 0 bridgehead atoms. The molecule has 0 unspecified atom stereocenters. The molecule has 0 saturated heterocycles. The van der Waals surface area contributed by atoms with Gasteiger partial charge in [0.1, 0.15) is 18.2 Å². The van der Waals surface area contributed by atoms with Gasteiger partial charge in [-0.25, -0.2) is 4.99 Å². The molecule has 0 amide bonds. The van der Waals surface area contributed by atoms with E-state index in [1.807, 2.05) is 61.0 Å². The van der Waals surface area contributed by atoms with Crippen LogP contribution in [0, 0.1) is 6.92 Å². The molecule has 3 rings (SSSR count). The molecule has 1 heterocycles. The lowest BCUT2D eigenvalue weighted by Crippen LogP contribution is -2.37. The minimum Gasteiger partial charge on any atom is -0.489 e. The average Bonchev–Trinajstić information content (AvgIpc) is 3.10. The number of rotatable bonds is 9. The quantitative estimate of drug-likeness (QED) is 0.190. The smallest absolute Gasteiger partial charge is 0.192 e. The second-order valence-electron chi connectivity index (χ2n) is 6.79. The van der Waals surface area contributed by atoms with Crippen LogP contribution in [0.4, 0.5) is 0 Å². The number of aromatic nitrogens is 3. The number of hydrogen-bond acceptors (Lipinski definition) is 4. The summed E-state index contributed by atoms with van der Waals surface area (Å²) in [5.41, 5.74) is 2.19. The molecule has 164 valence electrons. The summed E-state index contributed by atoms with van der Waals surface area (Å²) in [6.07, 6.45) is 1.74. The Morgan fingerprint density at radius 1 is 1.06 bits per heavy atom. The molecule has 3 aromatic rings. The van der Waals surface area contributed by atoms with Crippen LogP contribution in [0.5, 0.6) is 5.75 Å². The Kier molecular flexibility index (Phi) is 10.0. The number of benzene rings is 2. The van der Waals surface area contributed by atoms with Gasteiger partial charge in [0.25, 0.3) is 0 Å². The first-order chi connectivity index (χ1) is 14.7. The van der Waals surface area contributed by atoms with Gasteiger partial charge in [0, 0.05) is 19.2 Å². The van der Waals surface area contributed by atoms with Crippen molar-refractivity contribution >= 4 is 29.9 Å². The number of halogens is 1. The van der Waals surface area contributed by atoms with E-state index >= 15 is 0 Å². The van der Waals surface area contributed by atoms with Crippen LogP contribution in [-0.2, 0) is 26.7 Å². The Morgan fingerprint density at radius 2 is 1.77 bits per heavy atom. The molecule has 0 aliphatic heterocycles. The fourth-order valence-electron chi connectivity index (χ4n) is 2.81. The SMILES string of the molecule is C=CCOc1ccccc1CNC(=NCc1ccccc1)NCc1nnc(C)n1C.I. The van der Waals surface area contributed by atoms with Crippen LogP contribution < -0.4 is 15.4 Å². The summed E-state index contributed by atoms with van der Waals surface area (Å²) < 4.78 is 7.71. The van der Waals surface area contributed by atoms with Crippen LogP contribution in [0.15, 0.2) is 72.2 Å². The van der Waals surface area contributed by atoms with Crippen molar-refractivity contribution < 1.29 is 4.74 Å². The number of ether oxygens (including phenoxy) is 1. The first-order valence-corrected chi connectivity index (χ1v) is 9.90. The maximum atomic E-state index is 5.76. The monoisotopic (exact) mass is 532 g/mol. The summed E-state index contributed by atoms with van der Waals surface area (Å²) in [5.74, 6) is 3.24. The Balaban J connectivity index is 0.00000341. The van der Waals surface area contributed by atoms with Gasteiger partial charge in [-0.05, 0) is 18.6 Å². The summed E-state index contributed by atoms with van der Waals surface area (Å²) in [6.45, 7) is 7.78. The normalized spacial score (nSPS) is 10.8. The number of hydrogen-bond donors (Lipinski definition) is 2. The minimum absolute atomic E-state index is 0. The molecule has 0 atom stereocenters. The van der Waals surface area contributed by atoms with Gasteiger partial charge in [-0.15, -0.1) is 34.2 Å². The highest BCUT2D eigenvalue weighted by molar-refractivity contribution is 14.0. The fraction of sp³-hybridized carbons (Fsp3) is 0.261. The van der Waals surface area contributed by atoms with Gasteiger partial charge in [0.2, 0.25) is 0 Å². The van der Waals surface area contributed by atoms with Gasteiger partial charge in [0.15, 0.2) is 11.8 Å². The third-order valence-corrected chi connectivity index (χ3v) is 4.63. The van der Waals surface area contributed by atoms with Crippen LogP contribution in [-0.4, -0.2) is 27.3 Å². The molecule has 1 aromatic heterocycles. The molecule has 2 aromatic carbocycles. The first-order valence-electron chi connectivity index (χ1n) is 9.90. The lowest BCUT2D eigenvalue weighted by Gasteiger charge is -2.15. The fourth-order valence-corrected chi connectivity index (χ4v) is 2.81. The highest BCUT2D eigenvalue weighted by atomic mass is 127. The van der Waals surface area contributed by atoms with Crippen molar-refractivity contribution in [1.29, 1.82) is 0 Å². The van der Waals surface area contributed by atoms with Gasteiger partial charge in [-0.3, -0.25) is 0 Å². The number of nitrogens with zero attached hydrogens (tertiary/aromatic N) is 4. The Labute approximate surface area is 200 Å². The summed E-state index contributed by atoms with van der Waals surface area (Å²) in [6, 6.07) is 18.1. The highest BCUT2D eigenvalue weighted by Gasteiger charge is 2.08. The standard InChI is InChI=1S/C23H28N6O.HI/c1-4-14-30-21-13-9-8-12-20(21)16-25-23(24-15-19-10-6-5-7-11-19)26-17-22-28-27-18(2)29(22)3;/h4-13H,1,14-17H2,2-3H3,(H2,24,25,26);1H. The summed E-state index contributed by atoms with van der Waals surface area (Å²) >= 11 is 0. The van der Waals surface area contributed by atoms with Gasteiger partial charge in [-0.1, -0.05) is 61.2 Å². The number of para-hydroxylation sites is 1. The van der Waals surface area contributed by atoms with E-state index in [-0.39, 0.29) is 24.0 Å². The average molecular weight is 532 g/mol. The molecule has 0 saturated carbocycles. The lowest BCUT2D eigenvalue weighted by molar-refractivity contribution is 0.358. The van der Waals surface area contributed by atoms with Gasteiger partial charge in [-0.2, -0.15) is 0 Å². The number of guanidine groups is 1. The molecule has 0 aliphatic carbocycles. The largest absolute Gasteiger partial charge is 0.489 e. The van der Waals surface area contributed by atoms with E-state index in [0.717, 1.165) is 28.5 Å². The second-order valence-corrected chi connectivity index (χ2v) is 6.79. The van der Waals surface area contributed by atoms with E-state index in [1.165, 1.54) is 0 Å². The lowest BCUT2D eigenvalue weighted by atomic mass is 10.2. The van der Waals surface area contributed by atoms with Crippen molar-refractivity contribution in [2.75, 3.05) is 6.61 Å². The zero-order valence-electron chi connectivity index (χ0n) is 17.9. The third kappa shape index (κ3) is 7.39. The Hall–Kier alpha value is -2.88. The van der Waals surface area contributed by atoms with Crippen molar-refractivity contribution in [3.63, 3.8) is 0 Å². The van der Waals surface area contributed by atoms with E-state index in [0.29, 0.717) is 32.2 Å². The van der Waals surface area contributed by atoms with E-state index in [1.54, 1.807) is 6.08 Å². The summed E-state index contributed by atoms with van der Waals surface area (Å²) in [4.78, 5) is 4.73. The van der Waals surface area contributed by atoms with E-state index < -0.39 is 0 Å². The zero-order chi connectivity index (χ0) is 21.2. The molecule has 8 heteroatoms. The predicted molar refractivity (Wildman–Crippen MR) is 135 cm³/mol. The predicted octanol–water partition coefficient (Wildman–Crippen LogP) is 3.74. The number of aliphatic imine (C=N–C) groups is 1. The molecule has 2 N–H and O–H groups in total. The van der Waals surface area contributed by atoms with Crippen molar-refractivity contribution in [2.45, 2.75) is 26.6 Å². The minimum atomic E-state index is 0. The van der Waals surface area contributed by atoms with Crippen molar-refractivity contribution in [3.05, 3.63) is 90.0 Å². The molecular weight excluding hydrogens is 503 g/mol. The molecule has 0 aliphatic rings. The van der Waals surface area contributed by atoms with Crippen LogP contribution >= 0.6 is 24.0 Å².